The molecule has 1 saturated heterocycles. The fourth-order valence-electron chi connectivity index (χ4n) is 3.43. The summed E-state index contributed by atoms with van der Waals surface area (Å²) in [5, 5.41) is 0.919. The molecular formula is C22H19ClFNO5. The van der Waals surface area contributed by atoms with Gasteiger partial charge in [-0.2, -0.15) is 0 Å². The third kappa shape index (κ3) is 4.04. The van der Waals surface area contributed by atoms with Crippen LogP contribution in [0.5, 0.6) is 5.75 Å². The van der Waals surface area contributed by atoms with Crippen molar-refractivity contribution >= 4 is 28.7 Å². The van der Waals surface area contributed by atoms with E-state index in [1.165, 1.54) is 18.2 Å². The number of benzene rings is 2. The normalized spacial score (nSPS) is 14.2. The maximum atomic E-state index is 14.2. The van der Waals surface area contributed by atoms with Crippen molar-refractivity contribution in [2.75, 3.05) is 26.3 Å². The fourth-order valence-corrected chi connectivity index (χ4v) is 3.66. The van der Waals surface area contributed by atoms with Crippen LogP contribution in [0, 0.1) is 12.7 Å². The van der Waals surface area contributed by atoms with Crippen molar-refractivity contribution in [2.24, 2.45) is 0 Å². The van der Waals surface area contributed by atoms with Crippen molar-refractivity contribution in [3.63, 3.8) is 0 Å². The van der Waals surface area contributed by atoms with Crippen LogP contribution in [0.3, 0.4) is 0 Å². The molecule has 1 amide bonds. The molecule has 6 nitrogen and oxygen atoms in total. The Morgan fingerprint density at radius 1 is 1.20 bits per heavy atom. The first-order valence-electron chi connectivity index (χ1n) is 9.48. The van der Waals surface area contributed by atoms with Gasteiger partial charge in [0.15, 0.2) is 0 Å². The van der Waals surface area contributed by atoms with Crippen molar-refractivity contribution in [1.82, 2.24) is 4.90 Å². The van der Waals surface area contributed by atoms with Crippen LogP contribution in [0.2, 0.25) is 5.02 Å². The summed E-state index contributed by atoms with van der Waals surface area (Å²) in [6.45, 7) is 3.62. The van der Waals surface area contributed by atoms with E-state index < -0.39 is 17.5 Å². The number of hydrogen-bond donors (Lipinski definition) is 0. The van der Waals surface area contributed by atoms with E-state index in [2.05, 4.69) is 0 Å². The molecule has 0 unspecified atom stereocenters. The number of aryl methyl sites for hydroxylation is 1. The van der Waals surface area contributed by atoms with Crippen molar-refractivity contribution < 1.29 is 23.1 Å². The summed E-state index contributed by atoms with van der Waals surface area (Å²) in [5.41, 5.74) is 0.924. The summed E-state index contributed by atoms with van der Waals surface area (Å²) >= 11 is 6.10. The average Bonchev–Trinajstić information content (AvgIpc) is 2.73. The average molecular weight is 432 g/mol. The lowest BCUT2D eigenvalue weighted by Gasteiger charge is -2.25. The second-order valence-corrected chi connectivity index (χ2v) is 7.40. The van der Waals surface area contributed by atoms with E-state index in [1.54, 1.807) is 30.0 Å². The molecule has 2 heterocycles. The van der Waals surface area contributed by atoms with Crippen molar-refractivity contribution in [3.05, 3.63) is 74.3 Å². The van der Waals surface area contributed by atoms with Gasteiger partial charge in [-0.25, -0.2) is 14.0 Å². The highest BCUT2D eigenvalue weighted by molar-refractivity contribution is 6.31. The lowest BCUT2D eigenvalue weighted by Crippen LogP contribution is -2.42. The van der Waals surface area contributed by atoms with Gasteiger partial charge in [0.1, 0.15) is 17.1 Å². The number of ether oxygens (including phenoxy) is 2. The molecule has 1 aromatic heterocycles. The molecule has 3 aromatic rings. The van der Waals surface area contributed by atoms with E-state index in [9.17, 15) is 14.0 Å². The summed E-state index contributed by atoms with van der Waals surface area (Å²) in [5.74, 6) is -0.210. The third-order valence-electron chi connectivity index (χ3n) is 5.15. The Bertz CT molecular complexity index is 1150. The Balaban J connectivity index is 1.64. The van der Waals surface area contributed by atoms with Crippen LogP contribution in [-0.2, 0) is 11.2 Å². The minimum absolute atomic E-state index is 0.0172. The van der Waals surface area contributed by atoms with E-state index in [1.807, 2.05) is 0 Å². The van der Waals surface area contributed by atoms with Crippen LogP contribution in [0.25, 0.3) is 11.0 Å². The van der Waals surface area contributed by atoms with E-state index in [0.29, 0.717) is 42.8 Å². The zero-order chi connectivity index (χ0) is 21.3. The molecule has 0 radical (unpaired) electrons. The first kappa shape index (κ1) is 20.4. The largest absolute Gasteiger partial charge is 0.422 e. The zero-order valence-corrected chi connectivity index (χ0v) is 17.0. The van der Waals surface area contributed by atoms with Crippen LogP contribution in [-0.4, -0.2) is 37.3 Å². The third-order valence-corrected chi connectivity index (χ3v) is 5.50. The van der Waals surface area contributed by atoms with Gasteiger partial charge < -0.3 is 18.8 Å². The molecule has 2 aromatic carbocycles. The topological polar surface area (TPSA) is 69.0 Å². The molecule has 1 aliphatic rings. The predicted octanol–water partition coefficient (Wildman–Crippen LogP) is 4.32. The minimum Gasteiger partial charge on any atom is -0.422 e. The summed E-state index contributed by atoms with van der Waals surface area (Å²) < 4.78 is 30.2. The number of amides is 1. The van der Waals surface area contributed by atoms with Crippen molar-refractivity contribution in [1.29, 1.82) is 0 Å². The molecule has 8 heteroatoms. The number of hydrogen-bond acceptors (Lipinski definition) is 5. The van der Waals surface area contributed by atoms with Crippen LogP contribution < -0.4 is 10.4 Å². The van der Waals surface area contributed by atoms with Gasteiger partial charge in [0.2, 0.25) is 0 Å². The number of nitrogens with zero attached hydrogens (tertiary/aromatic N) is 1. The molecule has 0 N–H and O–H groups in total. The van der Waals surface area contributed by atoms with E-state index in [0.717, 1.165) is 0 Å². The highest BCUT2D eigenvalue weighted by Gasteiger charge is 2.20. The lowest BCUT2D eigenvalue weighted by molar-refractivity contribution is 0.0416. The van der Waals surface area contributed by atoms with Gasteiger partial charge in [0.25, 0.3) is 0 Å². The molecule has 0 spiro atoms. The van der Waals surface area contributed by atoms with Gasteiger partial charge in [-0.15, -0.1) is 0 Å². The van der Waals surface area contributed by atoms with E-state index >= 15 is 0 Å². The lowest BCUT2D eigenvalue weighted by atomic mass is 9.99. The second kappa shape index (κ2) is 8.45. The van der Waals surface area contributed by atoms with Gasteiger partial charge in [-0.1, -0.05) is 17.7 Å². The number of carbonyl (C=O) groups excluding carboxylic acids is 1. The second-order valence-electron chi connectivity index (χ2n) is 7.00. The molecule has 0 saturated carbocycles. The predicted molar refractivity (Wildman–Crippen MR) is 110 cm³/mol. The van der Waals surface area contributed by atoms with Gasteiger partial charge in [0, 0.05) is 47.1 Å². The summed E-state index contributed by atoms with van der Waals surface area (Å²) in [6.07, 6.45) is -0.467. The Morgan fingerprint density at radius 3 is 2.70 bits per heavy atom. The highest BCUT2D eigenvalue weighted by Crippen LogP contribution is 2.28. The summed E-state index contributed by atoms with van der Waals surface area (Å²) in [4.78, 5) is 26.4. The number of fused-ring (bicyclic) bond motifs is 1. The quantitative estimate of drug-likeness (QED) is 0.578. The number of rotatable bonds is 3. The Hall–Kier alpha value is -2.90. The maximum Gasteiger partial charge on any atom is 0.415 e. The van der Waals surface area contributed by atoms with Gasteiger partial charge in [0.05, 0.1) is 13.2 Å². The standard InChI is InChI=1S/C22H19ClFNO5/c1-13-15-6-5-14(29-22(27)25-7-9-28-10-8-25)11-20(15)30-21(26)16(13)12-17-18(23)3-2-4-19(17)24/h2-6,11H,7-10,12H2,1H3. The number of carbonyl (C=O) groups is 1. The Morgan fingerprint density at radius 2 is 1.97 bits per heavy atom. The summed E-state index contributed by atoms with van der Waals surface area (Å²) in [6, 6.07) is 9.23. The molecule has 0 bridgehead atoms. The Kier molecular flexibility index (Phi) is 5.74. The fraction of sp³-hybridized carbons (Fsp3) is 0.273. The van der Waals surface area contributed by atoms with Crippen LogP contribution >= 0.6 is 11.6 Å². The molecule has 4 rings (SSSR count). The molecule has 1 aliphatic heterocycles. The van der Waals surface area contributed by atoms with Crippen molar-refractivity contribution in [3.8, 4) is 5.75 Å². The SMILES string of the molecule is Cc1c(Cc2c(F)cccc2Cl)c(=O)oc2cc(OC(=O)N3CCOCC3)ccc12. The number of morpholine rings is 1. The Labute approximate surface area is 176 Å². The number of halogens is 2. The summed E-state index contributed by atoms with van der Waals surface area (Å²) in [7, 11) is 0. The monoisotopic (exact) mass is 431 g/mol. The van der Waals surface area contributed by atoms with Gasteiger partial charge in [-0.3, -0.25) is 0 Å². The zero-order valence-electron chi connectivity index (χ0n) is 16.2. The minimum atomic E-state index is -0.587. The van der Waals surface area contributed by atoms with Crippen LogP contribution in [0.4, 0.5) is 9.18 Å². The van der Waals surface area contributed by atoms with Gasteiger partial charge >= 0.3 is 11.7 Å². The highest BCUT2D eigenvalue weighted by atomic mass is 35.5. The molecule has 30 heavy (non-hydrogen) atoms. The van der Waals surface area contributed by atoms with E-state index in [4.69, 9.17) is 25.5 Å². The molecule has 0 atom stereocenters. The first-order valence-corrected chi connectivity index (χ1v) is 9.85. The molecular weight excluding hydrogens is 413 g/mol. The molecule has 1 fully saturated rings. The van der Waals surface area contributed by atoms with Gasteiger partial charge in [-0.05, 0) is 36.8 Å². The van der Waals surface area contributed by atoms with Crippen molar-refractivity contribution in [2.45, 2.75) is 13.3 Å². The van der Waals surface area contributed by atoms with Crippen LogP contribution in [0.1, 0.15) is 16.7 Å². The van der Waals surface area contributed by atoms with Crippen LogP contribution in [0.15, 0.2) is 45.6 Å². The smallest absolute Gasteiger partial charge is 0.415 e. The molecule has 0 aliphatic carbocycles. The maximum absolute atomic E-state index is 14.2. The molecule has 156 valence electrons. The van der Waals surface area contributed by atoms with E-state index in [-0.39, 0.29) is 28.3 Å². The first-order chi connectivity index (χ1) is 14.4.